The van der Waals surface area contributed by atoms with E-state index >= 15 is 0 Å². The Morgan fingerprint density at radius 3 is 2.84 bits per heavy atom. The number of hydrogen-bond donors (Lipinski definition) is 1. The molecule has 104 valence electrons. The molecule has 1 aromatic heterocycles. The van der Waals surface area contributed by atoms with Crippen LogP contribution in [0.4, 0.5) is 11.5 Å². The number of fused-ring (bicyclic) bond motifs is 2. The van der Waals surface area contributed by atoms with Crippen LogP contribution in [-0.4, -0.2) is 41.5 Å². The molecule has 2 aliphatic rings. The van der Waals surface area contributed by atoms with Gasteiger partial charge in [-0.15, -0.1) is 0 Å². The third-order valence-corrected chi connectivity index (χ3v) is 4.05. The average Bonchev–Trinajstić information content (AvgIpc) is 2.96. The van der Waals surface area contributed by atoms with Gasteiger partial charge in [0, 0.05) is 13.1 Å². The number of rotatable bonds is 2. The van der Waals surface area contributed by atoms with Crippen LogP contribution < -0.4 is 10.2 Å². The lowest BCUT2D eigenvalue weighted by molar-refractivity contribution is -0.120. The molecule has 0 saturated carbocycles. The molecule has 1 saturated heterocycles. The largest absolute Gasteiger partial charge is 0.378 e. The van der Waals surface area contributed by atoms with Gasteiger partial charge in [0.05, 0.1) is 30.9 Å². The van der Waals surface area contributed by atoms with Crippen LogP contribution in [0.2, 0.25) is 0 Å². The molecule has 1 N–H and O–H groups in total. The van der Waals surface area contributed by atoms with E-state index in [1.807, 2.05) is 11.6 Å². The summed E-state index contributed by atoms with van der Waals surface area (Å²) in [5.74, 6) is 0.990. The second-order valence-electron chi connectivity index (χ2n) is 5.09. The normalized spacial score (nSPS) is 25.8. The quantitative estimate of drug-likeness (QED) is 0.866. The van der Waals surface area contributed by atoms with E-state index in [-0.39, 0.29) is 17.9 Å². The minimum Gasteiger partial charge on any atom is -0.378 e. The molecular formula is C13H20N4O2. The van der Waals surface area contributed by atoms with Crippen LogP contribution in [0.25, 0.3) is 0 Å². The number of hydrogen-bond acceptors (Lipinski definition) is 4. The molecule has 2 unspecified atom stereocenters. The summed E-state index contributed by atoms with van der Waals surface area (Å²) in [5, 5.41) is 7.56. The van der Waals surface area contributed by atoms with E-state index < -0.39 is 0 Å². The number of likely N-dealkylation sites (N-methyl/N-ethyl adjacent to an activating group) is 1. The second-order valence-corrected chi connectivity index (χ2v) is 5.09. The zero-order valence-corrected chi connectivity index (χ0v) is 11.6. The molecule has 6 heteroatoms. The van der Waals surface area contributed by atoms with Gasteiger partial charge in [0.1, 0.15) is 5.69 Å². The van der Waals surface area contributed by atoms with Crippen LogP contribution >= 0.6 is 0 Å². The van der Waals surface area contributed by atoms with Gasteiger partial charge in [-0.2, -0.15) is 5.10 Å². The predicted molar refractivity (Wildman–Crippen MR) is 72.4 cm³/mol. The Morgan fingerprint density at radius 1 is 1.37 bits per heavy atom. The molecule has 2 aliphatic heterocycles. The van der Waals surface area contributed by atoms with Gasteiger partial charge in [0.2, 0.25) is 5.91 Å². The summed E-state index contributed by atoms with van der Waals surface area (Å²) >= 11 is 0. The Bertz CT molecular complexity index is 511. The first-order valence-corrected chi connectivity index (χ1v) is 6.90. The van der Waals surface area contributed by atoms with Gasteiger partial charge in [-0.25, -0.2) is 4.68 Å². The van der Waals surface area contributed by atoms with Gasteiger partial charge in [-0.1, -0.05) is 0 Å². The average molecular weight is 264 g/mol. The molecule has 0 bridgehead atoms. The van der Waals surface area contributed by atoms with Crippen molar-refractivity contribution in [1.82, 2.24) is 9.78 Å². The van der Waals surface area contributed by atoms with Crippen LogP contribution in [0.15, 0.2) is 0 Å². The maximum absolute atomic E-state index is 12.3. The number of carbonyl (C=O) groups excluding carboxylic acids is 1. The molecule has 1 amide bonds. The molecule has 3 rings (SSSR count). The van der Waals surface area contributed by atoms with Crippen molar-refractivity contribution >= 4 is 17.4 Å². The van der Waals surface area contributed by atoms with Crippen molar-refractivity contribution < 1.29 is 9.53 Å². The first-order valence-electron chi connectivity index (χ1n) is 6.90. The first-order chi connectivity index (χ1) is 9.17. The fraction of sp³-hybridized carbons (Fsp3) is 0.692. The van der Waals surface area contributed by atoms with Crippen LogP contribution in [-0.2, 0) is 16.1 Å². The molecule has 3 heterocycles. The predicted octanol–water partition coefficient (Wildman–Crippen LogP) is 1.00. The lowest BCUT2D eigenvalue weighted by Crippen LogP contribution is -2.43. The van der Waals surface area contributed by atoms with Crippen molar-refractivity contribution in [3.8, 4) is 0 Å². The van der Waals surface area contributed by atoms with E-state index in [2.05, 4.69) is 29.2 Å². The first kappa shape index (κ1) is 12.5. The fourth-order valence-corrected chi connectivity index (χ4v) is 3.09. The van der Waals surface area contributed by atoms with Gasteiger partial charge in [0.15, 0.2) is 5.82 Å². The van der Waals surface area contributed by atoms with Crippen molar-refractivity contribution in [3.63, 3.8) is 0 Å². The SMILES string of the molecule is CCN1c2c(c(C)nn2CC)NC(=O)C2COCC21. The van der Waals surface area contributed by atoms with Gasteiger partial charge >= 0.3 is 0 Å². The highest BCUT2D eigenvalue weighted by Crippen LogP contribution is 2.37. The van der Waals surface area contributed by atoms with Crippen molar-refractivity contribution in [2.24, 2.45) is 5.92 Å². The topological polar surface area (TPSA) is 59.4 Å². The van der Waals surface area contributed by atoms with Crippen molar-refractivity contribution in [1.29, 1.82) is 0 Å². The maximum atomic E-state index is 12.3. The highest BCUT2D eigenvalue weighted by molar-refractivity contribution is 5.98. The molecule has 19 heavy (non-hydrogen) atoms. The number of aromatic nitrogens is 2. The van der Waals surface area contributed by atoms with Gasteiger partial charge in [0.25, 0.3) is 0 Å². The summed E-state index contributed by atoms with van der Waals surface area (Å²) in [7, 11) is 0. The number of nitrogens with zero attached hydrogens (tertiary/aromatic N) is 3. The number of carbonyl (C=O) groups is 1. The Morgan fingerprint density at radius 2 is 2.16 bits per heavy atom. The molecule has 0 aromatic carbocycles. The third kappa shape index (κ3) is 1.74. The zero-order valence-electron chi connectivity index (χ0n) is 11.6. The van der Waals surface area contributed by atoms with Gasteiger partial charge in [-0.3, -0.25) is 4.79 Å². The molecule has 1 fully saturated rings. The molecule has 1 aromatic rings. The number of anilines is 2. The lowest BCUT2D eigenvalue weighted by atomic mass is 10.0. The Labute approximate surface area is 112 Å². The fourth-order valence-electron chi connectivity index (χ4n) is 3.09. The Hall–Kier alpha value is -1.56. The minimum absolute atomic E-state index is 0.0541. The Balaban J connectivity index is 2.14. The van der Waals surface area contributed by atoms with E-state index in [0.717, 1.165) is 30.3 Å². The van der Waals surface area contributed by atoms with E-state index in [1.54, 1.807) is 0 Å². The minimum atomic E-state index is -0.0861. The number of nitrogens with one attached hydrogen (secondary N) is 1. The molecule has 0 radical (unpaired) electrons. The number of ether oxygens (including phenoxy) is 1. The smallest absolute Gasteiger partial charge is 0.232 e. The summed E-state index contributed by atoms with van der Waals surface area (Å²) in [5.41, 5.74) is 1.74. The zero-order chi connectivity index (χ0) is 13.6. The molecule has 2 atom stereocenters. The maximum Gasteiger partial charge on any atom is 0.232 e. The van der Waals surface area contributed by atoms with Crippen LogP contribution in [0.1, 0.15) is 19.5 Å². The Kier molecular flexibility index (Phi) is 2.97. The molecule has 0 spiro atoms. The van der Waals surface area contributed by atoms with Crippen molar-refractivity contribution in [2.75, 3.05) is 30.0 Å². The number of aryl methyl sites for hydroxylation is 2. The van der Waals surface area contributed by atoms with E-state index in [0.29, 0.717) is 13.2 Å². The second kappa shape index (κ2) is 4.52. The summed E-state index contributed by atoms with van der Waals surface area (Å²) in [6, 6.07) is 0.118. The summed E-state index contributed by atoms with van der Waals surface area (Å²) in [4.78, 5) is 14.6. The monoisotopic (exact) mass is 264 g/mol. The van der Waals surface area contributed by atoms with Crippen molar-refractivity contribution in [2.45, 2.75) is 33.4 Å². The van der Waals surface area contributed by atoms with E-state index in [1.165, 1.54) is 0 Å². The lowest BCUT2D eigenvalue weighted by Gasteiger charge is -2.30. The van der Waals surface area contributed by atoms with Crippen LogP contribution in [0, 0.1) is 12.8 Å². The van der Waals surface area contributed by atoms with Gasteiger partial charge in [-0.05, 0) is 20.8 Å². The van der Waals surface area contributed by atoms with Crippen LogP contribution in [0.5, 0.6) is 0 Å². The molecular weight excluding hydrogens is 244 g/mol. The summed E-state index contributed by atoms with van der Waals surface area (Å²) in [6.07, 6.45) is 0. The third-order valence-electron chi connectivity index (χ3n) is 4.05. The molecule has 0 aliphatic carbocycles. The summed E-state index contributed by atoms with van der Waals surface area (Å²) < 4.78 is 7.48. The van der Waals surface area contributed by atoms with Crippen molar-refractivity contribution in [3.05, 3.63) is 5.69 Å². The highest BCUT2D eigenvalue weighted by Gasteiger charge is 2.42. The van der Waals surface area contributed by atoms with Gasteiger partial charge < -0.3 is 15.0 Å². The van der Waals surface area contributed by atoms with Crippen LogP contribution in [0.3, 0.4) is 0 Å². The van der Waals surface area contributed by atoms with E-state index in [9.17, 15) is 4.79 Å². The summed E-state index contributed by atoms with van der Waals surface area (Å²) in [6.45, 7) is 8.87. The standard InChI is InChI=1S/C13H20N4O2/c1-4-16-10-7-19-6-9(10)12(18)14-11-8(3)15-17(5-2)13(11)16/h9-10H,4-7H2,1-3H3,(H,14,18). The number of amides is 1. The van der Waals surface area contributed by atoms with E-state index in [4.69, 9.17) is 4.74 Å². The highest BCUT2D eigenvalue weighted by atomic mass is 16.5. The molecule has 6 nitrogen and oxygen atoms in total.